The summed E-state index contributed by atoms with van der Waals surface area (Å²) in [6.45, 7) is 11.6. The van der Waals surface area contributed by atoms with Gasteiger partial charge >= 0.3 is 0 Å². The lowest BCUT2D eigenvalue weighted by molar-refractivity contribution is 0.273. The number of nitrogens with one attached hydrogen (secondary N) is 3. The van der Waals surface area contributed by atoms with E-state index in [4.69, 9.17) is 4.99 Å². The summed E-state index contributed by atoms with van der Waals surface area (Å²) in [5.74, 6) is 0.937. The molecule has 0 bridgehead atoms. The average molecular weight is 483 g/mol. The fraction of sp³-hybridized carbons (Fsp3) is 0.571. The molecule has 0 radical (unpaired) electrons. The Morgan fingerprint density at radius 3 is 2.93 bits per heavy atom. The Bertz CT molecular complexity index is 739. The molecular formula is C21H34IN5. The Kier molecular flexibility index (Phi) is 8.89. The summed E-state index contributed by atoms with van der Waals surface area (Å²) in [5, 5.41) is 8.25. The maximum atomic E-state index is 4.84. The number of hydrogen-bond donors (Lipinski definition) is 3. The lowest BCUT2D eigenvalue weighted by Gasteiger charge is -2.21. The van der Waals surface area contributed by atoms with Crippen molar-refractivity contribution in [2.75, 3.05) is 32.7 Å². The second-order valence-corrected chi connectivity index (χ2v) is 7.13. The van der Waals surface area contributed by atoms with Crippen molar-refractivity contribution in [3.63, 3.8) is 0 Å². The Morgan fingerprint density at radius 2 is 2.15 bits per heavy atom. The number of aliphatic imine (C=N–C) groups is 1. The second kappa shape index (κ2) is 10.9. The molecule has 2 aromatic rings. The molecule has 0 saturated carbocycles. The maximum absolute atomic E-state index is 4.84. The van der Waals surface area contributed by atoms with Crippen molar-refractivity contribution in [1.82, 2.24) is 20.5 Å². The third-order valence-corrected chi connectivity index (χ3v) is 5.39. The van der Waals surface area contributed by atoms with Crippen molar-refractivity contribution >= 4 is 40.8 Å². The van der Waals surface area contributed by atoms with Crippen LogP contribution >= 0.6 is 24.0 Å². The number of halogens is 1. The van der Waals surface area contributed by atoms with Gasteiger partial charge in [-0.05, 0) is 63.4 Å². The highest BCUT2D eigenvalue weighted by molar-refractivity contribution is 14.0. The molecule has 1 saturated heterocycles. The van der Waals surface area contributed by atoms with E-state index in [1.165, 1.54) is 41.4 Å². The zero-order valence-electron chi connectivity index (χ0n) is 16.8. The van der Waals surface area contributed by atoms with Crippen LogP contribution in [-0.2, 0) is 6.42 Å². The van der Waals surface area contributed by atoms with Gasteiger partial charge in [0.05, 0.1) is 6.54 Å². The minimum atomic E-state index is 0. The minimum Gasteiger partial charge on any atom is -0.361 e. The lowest BCUT2D eigenvalue weighted by Crippen LogP contribution is -2.40. The first-order chi connectivity index (χ1) is 12.7. The molecule has 150 valence electrons. The van der Waals surface area contributed by atoms with Crippen LogP contribution < -0.4 is 10.6 Å². The monoisotopic (exact) mass is 483 g/mol. The van der Waals surface area contributed by atoms with Crippen LogP contribution in [0.2, 0.25) is 0 Å². The van der Waals surface area contributed by atoms with Gasteiger partial charge in [-0.25, -0.2) is 0 Å². The fourth-order valence-electron chi connectivity index (χ4n) is 4.02. The van der Waals surface area contributed by atoms with Crippen molar-refractivity contribution in [3.05, 3.63) is 35.5 Å². The van der Waals surface area contributed by atoms with Gasteiger partial charge in [-0.15, -0.1) is 24.0 Å². The topological polar surface area (TPSA) is 55.5 Å². The van der Waals surface area contributed by atoms with E-state index >= 15 is 0 Å². The number of aryl methyl sites for hydroxylation is 1. The summed E-state index contributed by atoms with van der Waals surface area (Å²) in [5.41, 5.74) is 3.93. The minimum absolute atomic E-state index is 0. The predicted octanol–water partition coefficient (Wildman–Crippen LogP) is 3.68. The number of H-pyrrole nitrogens is 1. The number of nitrogens with zero attached hydrogens (tertiary/aromatic N) is 2. The molecule has 3 N–H and O–H groups in total. The average Bonchev–Trinajstić information content (AvgIpc) is 3.27. The summed E-state index contributed by atoms with van der Waals surface area (Å²) >= 11 is 0. The summed E-state index contributed by atoms with van der Waals surface area (Å²) in [6, 6.07) is 7.03. The van der Waals surface area contributed by atoms with Crippen LogP contribution in [0.4, 0.5) is 0 Å². The van der Waals surface area contributed by atoms with Crippen molar-refractivity contribution in [1.29, 1.82) is 0 Å². The number of benzene rings is 1. The first-order valence-electron chi connectivity index (χ1n) is 10.0. The number of rotatable bonds is 7. The third kappa shape index (κ3) is 5.60. The van der Waals surface area contributed by atoms with E-state index in [9.17, 15) is 0 Å². The van der Waals surface area contributed by atoms with Gasteiger partial charge in [0.15, 0.2) is 5.96 Å². The molecule has 3 rings (SSSR count). The van der Waals surface area contributed by atoms with E-state index in [0.29, 0.717) is 6.04 Å². The molecule has 1 aliphatic rings. The van der Waals surface area contributed by atoms with E-state index in [-0.39, 0.29) is 24.0 Å². The van der Waals surface area contributed by atoms with Crippen molar-refractivity contribution < 1.29 is 0 Å². The highest BCUT2D eigenvalue weighted by atomic mass is 127. The molecule has 1 fully saturated rings. The third-order valence-electron chi connectivity index (χ3n) is 5.39. The number of guanidine groups is 1. The van der Waals surface area contributed by atoms with Gasteiger partial charge in [0, 0.05) is 36.2 Å². The van der Waals surface area contributed by atoms with Crippen molar-refractivity contribution in [2.24, 2.45) is 4.99 Å². The van der Waals surface area contributed by atoms with E-state index in [2.05, 4.69) is 65.7 Å². The molecule has 2 heterocycles. The lowest BCUT2D eigenvalue weighted by atomic mass is 10.1. The van der Waals surface area contributed by atoms with Crippen LogP contribution in [0.25, 0.3) is 10.9 Å². The molecule has 1 aliphatic heterocycles. The number of likely N-dealkylation sites (tertiary alicyclic amines) is 1. The first kappa shape index (κ1) is 22.0. The van der Waals surface area contributed by atoms with Gasteiger partial charge in [-0.3, -0.25) is 9.89 Å². The molecule has 0 amide bonds. The van der Waals surface area contributed by atoms with Crippen LogP contribution in [0.5, 0.6) is 0 Å². The largest absolute Gasteiger partial charge is 0.361 e. The zero-order valence-corrected chi connectivity index (χ0v) is 19.2. The van der Waals surface area contributed by atoms with Gasteiger partial charge in [0.2, 0.25) is 0 Å². The molecule has 5 nitrogen and oxygen atoms in total. The normalized spacial score (nSPS) is 17.9. The van der Waals surface area contributed by atoms with E-state index in [1.807, 2.05) is 0 Å². The Labute approximate surface area is 180 Å². The summed E-state index contributed by atoms with van der Waals surface area (Å²) in [4.78, 5) is 10.8. The molecule has 0 aliphatic carbocycles. The molecule has 1 atom stereocenters. The van der Waals surface area contributed by atoms with E-state index < -0.39 is 0 Å². The highest BCUT2D eigenvalue weighted by Gasteiger charge is 2.22. The Balaban J connectivity index is 0.00000261. The number of fused-ring (bicyclic) bond motifs is 1. The number of likely N-dealkylation sites (N-methyl/N-ethyl adjacent to an activating group) is 1. The SMILES string of the molecule is CCNC(=NCC1CCCN1CC)NCCc1c[nH]c2cccc(C)c12.I. The van der Waals surface area contributed by atoms with Gasteiger partial charge in [0.25, 0.3) is 0 Å². The molecule has 0 spiro atoms. The standard InChI is InChI=1S/C21H33N5.HI/c1-4-22-21(25-15-18-9-7-13-26(18)5-2)23-12-11-17-14-24-19-10-6-8-16(3)20(17)19;/h6,8,10,14,18,24H,4-5,7,9,11-13,15H2,1-3H3,(H2,22,23,25);1H. The molecular weight excluding hydrogens is 449 g/mol. The summed E-state index contributed by atoms with van der Waals surface area (Å²) < 4.78 is 0. The number of hydrogen-bond acceptors (Lipinski definition) is 2. The Morgan fingerprint density at radius 1 is 1.30 bits per heavy atom. The summed E-state index contributed by atoms with van der Waals surface area (Å²) in [6.07, 6.45) is 5.70. The van der Waals surface area contributed by atoms with Crippen LogP contribution in [0.15, 0.2) is 29.4 Å². The first-order valence-corrected chi connectivity index (χ1v) is 10.0. The molecule has 6 heteroatoms. The van der Waals surface area contributed by atoms with Crippen LogP contribution in [0.1, 0.15) is 37.8 Å². The van der Waals surface area contributed by atoms with E-state index in [0.717, 1.165) is 38.6 Å². The van der Waals surface area contributed by atoms with Crippen LogP contribution in [0.3, 0.4) is 0 Å². The van der Waals surface area contributed by atoms with Crippen molar-refractivity contribution in [3.8, 4) is 0 Å². The molecule has 27 heavy (non-hydrogen) atoms. The number of aromatic nitrogens is 1. The smallest absolute Gasteiger partial charge is 0.191 e. The molecule has 1 unspecified atom stereocenters. The van der Waals surface area contributed by atoms with E-state index in [1.54, 1.807) is 0 Å². The van der Waals surface area contributed by atoms with Gasteiger partial charge in [0.1, 0.15) is 0 Å². The van der Waals surface area contributed by atoms with Crippen molar-refractivity contribution in [2.45, 2.75) is 46.1 Å². The predicted molar refractivity (Wildman–Crippen MR) is 126 cm³/mol. The van der Waals surface area contributed by atoms with Crippen LogP contribution in [0, 0.1) is 6.92 Å². The quantitative estimate of drug-likeness (QED) is 0.320. The fourth-order valence-corrected chi connectivity index (χ4v) is 4.02. The maximum Gasteiger partial charge on any atom is 0.191 e. The molecule has 1 aromatic heterocycles. The summed E-state index contributed by atoms with van der Waals surface area (Å²) in [7, 11) is 0. The van der Waals surface area contributed by atoms with Gasteiger partial charge in [-0.2, -0.15) is 0 Å². The molecule has 1 aromatic carbocycles. The second-order valence-electron chi connectivity index (χ2n) is 7.13. The van der Waals surface area contributed by atoms with Crippen LogP contribution in [-0.4, -0.2) is 54.6 Å². The zero-order chi connectivity index (χ0) is 18.4. The number of aromatic amines is 1. The Hall–Kier alpha value is -1.28. The van der Waals surface area contributed by atoms with Gasteiger partial charge in [-0.1, -0.05) is 19.1 Å². The van der Waals surface area contributed by atoms with Gasteiger partial charge < -0.3 is 15.6 Å². The highest BCUT2D eigenvalue weighted by Crippen LogP contribution is 2.22.